The van der Waals surface area contributed by atoms with E-state index in [0.717, 1.165) is 5.56 Å². The molecule has 0 aliphatic carbocycles. The molecule has 0 spiro atoms. The number of benzene rings is 2. The third-order valence-corrected chi connectivity index (χ3v) is 3.23. The van der Waals surface area contributed by atoms with E-state index in [4.69, 9.17) is 10.4 Å². The lowest BCUT2D eigenvalue weighted by molar-refractivity contribution is 0.0699. The normalized spacial score (nSPS) is 10.9. The van der Waals surface area contributed by atoms with Gasteiger partial charge in [0.2, 0.25) is 0 Å². The molecule has 22 heavy (non-hydrogen) atoms. The van der Waals surface area contributed by atoms with E-state index in [1.165, 1.54) is 6.07 Å². The molecule has 2 aromatic carbocycles. The first-order valence-corrected chi connectivity index (χ1v) is 6.57. The van der Waals surface area contributed by atoms with Crippen molar-refractivity contribution >= 4 is 29.2 Å². The molecule has 0 bridgehead atoms. The Morgan fingerprint density at radius 1 is 1.18 bits per heavy atom. The summed E-state index contributed by atoms with van der Waals surface area (Å²) in [4.78, 5) is 18.5. The van der Waals surface area contributed by atoms with Crippen LogP contribution in [-0.2, 0) is 0 Å². The van der Waals surface area contributed by atoms with E-state index in [1.807, 2.05) is 18.2 Å². The summed E-state index contributed by atoms with van der Waals surface area (Å²) in [6.07, 6.45) is 3.62. The molecule has 0 aliphatic rings. The summed E-state index contributed by atoms with van der Waals surface area (Å²) in [6, 6.07) is 14.2. The maximum atomic E-state index is 11.2. The number of carboxylic acid groups (broad SMARTS) is 1. The molecule has 0 amide bonds. The van der Waals surface area contributed by atoms with E-state index in [0.29, 0.717) is 22.4 Å². The lowest BCUT2D eigenvalue weighted by atomic mass is 10.1. The number of fused-ring (bicyclic) bond motifs is 1. The van der Waals surface area contributed by atoms with Crippen molar-refractivity contribution in [1.29, 1.82) is 5.26 Å². The Labute approximate surface area is 126 Å². The largest absolute Gasteiger partial charge is 0.478 e. The second-order valence-corrected chi connectivity index (χ2v) is 4.70. The molecule has 1 heterocycles. The molecule has 0 saturated heterocycles. The second-order valence-electron chi connectivity index (χ2n) is 4.70. The van der Waals surface area contributed by atoms with Gasteiger partial charge in [0.1, 0.15) is 11.3 Å². The van der Waals surface area contributed by atoms with Crippen molar-refractivity contribution in [2.75, 3.05) is 0 Å². The molecule has 5 heteroatoms. The zero-order chi connectivity index (χ0) is 15.5. The Hall–Kier alpha value is -3.39. The van der Waals surface area contributed by atoms with Crippen LogP contribution in [0.5, 0.6) is 0 Å². The Balaban J connectivity index is 1.93. The fourth-order valence-corrected chi connectivity index (χ4v) is 2.15. The first kappa shape index (κ1) is 13.6. The lowest BCUT2D eigenvalue weighted by Crippen LogP contribution is -1.96. The number of aromatic nitrogens is 2. The van der Waals surface area contributed by atoms with E-state index in [1.54, 1.807) is 30.3 Å². The van der Waals surface area contributed by atoms with Gasteiger partial charge in [-0.15, -0.1) is 0 Å². The standard InChI is InChI=1S/C17H11N3O2/c18-10-12-6-4-11(5-7-12)8-9-15-19-14-3-1-2-13(17(21)22)16(14)20-15/h1-9H,(H,19,20)(H,21,22)/b9-8+. The molecule has 2 N–H and O–H groups in total. The molecule has 3 aromatic rings. The Kier molecular flexibility index (Phi) is 3.42. The number of aromatic carboxylic acids is 1. The first-order valence-electron chi connectivity index (χ1n) is 6.57. The monoisotopic (exact) mass is 289 g/mol. The average molecular weight is 289 g/mol. The molecule has 3 rings (SSSR count). The van der Waals surface area contributed by atoms with Crippen LogP contribution in [0.3, 0.4) is 0 Å². The maximum Gasteiger partial charge on any atom is 0.337 e. The van der Waals surface area contributed by atoms with Gasteiger partial charge in [-0.1, -0.05) is 24.3 Å². The van der Waals surface area contributed by atoms with Crippen molar-refractivity contribution in [2.45, 2.75) is 0 Å². The predicted molar refractivity (Wildman–Crippen MR) is 83.1 cm³/mol. The van der Waals surface area contributed by atoms with Gasteiger partial charge in [-0.05, 0) is 35.9 Å². The molecule has 0 saturated carbocycles. The number of nitrogens with one attached hydrogen (secondary N) is 1. The Morgan fingerprint density at radius 2 is 1.95 bits per heavy atom. The predicted octanol–water partition coefficient (Wildman–Crippen LogP) is 3.30. The van der Waals surface area contributed by atoms with Gasteiger partial charge in [0.25, 0.3) is 0 Å². The number of hydrogen-bond acceptors (Lipinski definition) is 3. The molecule has 0 radical (unpaired) electrons. The van der Waals surface area contributed by atoms with Crippen molar-refractivity contribution in [3.8, 4) is 6.07 Å². The van der Waals surface area contributed by atoms with Crippen molar-refractivity contribution in [3.05, 3.63) is 65.0 Å². The van der Waals surface area contributed by atoms with Crippen molar-refractivity contribution < 1.29 is 9.90 Å². The van der Waals surface area contributed by atoms with Crippen molar-refractivity contribution in [1.82, 2.24) is 9.97 Å². The minimum atomic E-state index is -1.00. The van der Waals surface area contributed by atoms with Crippen LogP contribution in [0.2, 0.25) is 0 Å². The second kappa shape index (κ2) is 5.54. The third-order valence-electron chi connectivity index (χ3n) is 3.23. The van der Waals surface area contributed by atoms with Crippen LogP contribution < -0.4 is 0 Å². The van der Waals surface area contributed by atoms with Gasteiger partial charge in [-0.3, -0.25) is 0 Å². The molecular weight excluding hydrogens is 278 g/mol. The summed E-state index contributed by atoms with van der Waals surface area (Å²) in [5.41, 5.74) is 2.82. The highest BCUT2D eigenvalue weighted by Gasteiger charge is 2.11. The number of carbonyl (C=O) groups is 1. The van der Waals surface area contributed by atoms with Gasteiger partial charge in [-0.2, -0.15) is 5.26 Å². The van der Waals surface area contributed by atoms with E-state index >= 15 is 0 Å². The van der Waals surface area contributed by atoms with Crippen LogP contribution in [0.4, 0.5) is 0 Å². The number of carboxylic acids is 1. The van der Waals surface area contributed by atoms with Crippen LogP contribution in [0.1, 0.15) is 27.3 Å². The summed E-state index contributed by atoms with van der Waals surface area (Å²) >= 11 is 0. The smallest absolute Gasteiger partial charge is 0.337 e. The topological polar surface area (TPSA) is 89.8 Å². The van der Waals surface area contributed by atoms with Gasteiger partial charge in [0.15, 0.2) is 0 Å². The van der Waals surface area contributed by atoms with E-state index < -0.39 is 5.97 Å². The number of nitrogens with zero attached hydrogens (tertiary/aromatic N) is 2. The minimum absolute atomic E-state index is 0.173. The molecule has 0 fully saturated rings. The molecule has 0 aliphatic heterocycles. The first-order chi connectivity index (χ1) is 10.7. The number of rotatable bonds is 3. The van der Waals surface area contributed by atoms with E-state index in [2.05, 4.69) is 16.0 Å². The van der Waals surface area contributed by atoms with Crippen LogP contribution in [0, 0.1) is 11.3 Å². The molecule has 0 unspecified atom stereocenters. The summed E-state index contributed by atoms with van der Waals surface area (Å²) in [5, 5.41) is 17.9. The zero-order valence-electron chi connectivity index (χ0n) is 11.4. The highest BCUT2D eigenvalue weighted by molar-refractivity contribution is 6.01. The van der Waals surface area contributed by atoms with Gasteiger partial charge < -0.3 is 10.1 Å². The van der Waals surface area contributed by atoms with Crippen LogP contribution in [-0.4, -0.2) is 21.0 Å². The van der Waals surface area contributed by atoms with Crippen LogP contribution in [0.15, 0.2) is 42.5 Å². The summed E-state index contributed by atoms with van der Waals surface area (Å²) in [5.74, 6) is -0.423. The van der Waals surface area contributed by atoms with Crippen LogP contribution >= 0.6 is 0 Å². The molecule has 1 aromatic heterocycles. The fourth-order valence-electron chi connectivity index (χ4n) is 2.15. The number of para-hydroxylation sites is 1. The highest BCUT2D eigenvalue weighted by atomic mass is 16.4. The SMILES string of the molecule is N#Cc1ccc(/C=C/c2nc3c(C(=O)O)cccc3[nH]2)cc1. The summed E-state index contributed by atoms with van der Waals surface area (Å²) in [6.45, 7) is 0. The number of nitriles is 1. The van der Waals surface area contributed by atoms with Gasteiger partial charge in [0, 0.05) is 0 Å². The average Bonchev–Trinajstić information content (AvgIpc) is 2.96. The Bertz CT molecular complexity index is 915. The number of hydrogen-bond donors (Lipinski definition) is 2. The molecule has 5 nitrogen and oxygen atoms in total. The third kappa shape index (κ3) is 2.58. The van der Waals surface area contributed by atoms with Crippen molar-refractivity contribution in [2.24, 2.45) is 0 Å². The summed E-state index contributed by atoms with van der Waals surface area (Å²) in [7, 11) is 0. The molecule has 106 valence electrons. The lowest BCUT2D eigenvalue weighted by Gasteiger charge is -1.93. The number of H-pyrrole nitrogens is 1. The van der Waals surface area contributed by atoms with E-state index in [-0.39, 0.29) is 5.56 Å². The molecular formula is C17H11N3O2. The molecule has 0 atom stereocenters. The number of imidazole rings is 1. The zero-order valence-corrected chi connectivity index (χ0v) is 11.4. The number of aromatic amines is 1. The Morgan fingerprint density at radius 3 is 2.64 bits per heavy atom. The van der Waals surface area contributed by atoms with Gasteiger partial charge in [-0.25, -0.2) is 9.78 Å². The highest BCUT2D eigenvalue weighted by Crippen LogP contribution is 2.18. The van der Waals surface area contributed by atoms with Gasteiger partial charge >= 0.3 is 5.97 Å². The quantitative estimate of drug-likeness (QED) is 0.774. The van der Waals surface area contributed by atoms with Crippen LogP contribution in [0.25, 0.3) is 23.2 Å². The summed E-state index contributed by atoms with van der Waals surface area (Å²) < 4.78 is 0. The van der Waals surface area contributed by atoms with E-state index in [9.17, 15) is 4.79 Å². The maximum absolute atomic E-state index is 11.2. The minimum Gasteiger partial charge on any atom is -0.478 e. The van der Waals surface area contributed by atoms with Gasteiger partial charge in [0.05, 0.1) is 22.7 Å². The fraction of sp³-hybridized carbons (Fsp3) is 0. The van der Waals surface area contributed by atoms with Crippen molar-refractivity contribution in [3.63, 3.8) is 0 Å².